The van der Waals surface area contributed by atoms with Gasteiger partial charge in [0.2, 0.25) is 0 Å². The Labute approximate surface area is 264 Å². The minimum absolute atomic E-state index is 0.0997. The molecule has 2 aromatic carbocycles. The normalized spacial score (nSPS) is 19.9. The molecule has 3 aliphatic rings. The van der Waals surface area contributed by atoms with Gasteiger partial charge < -0.3 is 9.80 Å². The summed E-state index contributed by atoms with van der Waals surface area (Å²) in [5.74, 6) is 0. The Kier molecular flexibility index (Phi) is 10.1. The first-order valence-electron chi connectivity index (χ1n) is 17.9. The van der Waals surface area contributed by atoms with Crippen LogP contribution in [0, 0.1) is 0 Å². The van der Waals surface area contributed by atoms with Crippen molar-refractivity contribution in [1.29, 1.82) is 0 Å². The zero-order chi connectivity index (χ0) is 30.7. The summed E-state index contributed by atoms with van der Waals surface area (Å²) < 4.78 is 0. The SMILES string of the molecule is CCCCCCCCC1(CCCCCCCC)c2cc3c(cc2-c2cc4c(cc21)N(C)C(C)C=C4C)C(C)=CC(C)N3C. The molecule has 0 radical (unpaired) electrons. The number of anilines is 2. The van der Waals surface area contributed by atoms with Crippen LogP contribution in [0.2, 0.25) is 0 Å². The third kappa shape index (κ3) is 6.10. The van der Waals surface area contributed by atoms with Crippen LogP contribution in [0.5, 0.6) is 0 Å². The Morgan fingerprint density at radius 3 is 1.30 bits per heavy atom. The van der Waals surface area contributed by atoms with Gasteiger partial charge in [-0.2, -0.15) is 0 Å². The van der Waals surface area contributed by atoms with Crippen molar-refractivity contribution in [3.05, 3.63) is 58.7 Å². The van der Waals surface area contributed by atoms with E-state index in [4.69, 9.17) is 0 Å². The maximum Gasteiger partial charge on any atom is 0.0448 e. The second kappa shape index (κ2) is 13.7. The van der Waals surface area contributed by atoms with Crippen molar-refractivity contribution in [2.24, 2.45) is 0 Å². The highest BCUT2D eigenvalue weighted by molar-refractivity contribution is 5.94. The standard InChI is InChI=1S/C41H60N2/c1-9-11-13-15-17-19-21-41(22-20-18-16-14-12-10-2)37-27-39-33(29(3)23-31(5)42(39)7)25-35(37)36-26-34-30(4)24-32(6)43(8)40(34)28-38(36)41/h23-28,31-32H,9-22H2,1-8H3. The number of rotatable bonds is 14. The molecule has 234 valence electrons. The molecule has 5 rings (SSSR count). The molecular formula is C41H60N2. The highest BCUT2D eigenvalue weighted by atomic mass is 15.1. The average molecular weight is 581 g/mol. The van der Waals surface area contributed by atoms with E-state index in [0.717, 1.165) is 0 Å². The summed E-state index contributed by atoms with van der Waals surface area (Å²) in [5, 5.41) is 0. The van der Waals surface area contributed by atoms with Crippen LogP contribution in [0.25, 0.3) is 22.3 Å². The summed E-state index contributed by atoms with van der Waals surface area (Å²) in [5.41, 5.74) is 14.9. The summed E-state index contributed by atoms with van der Waals surface area (Å²) in [7, 11) is 4.60. The van der Waals surface area contributed by atoms with Gasteiger partial charge in [-0.25, -0.2) is 0 Å². The van der Waals surface area contributed by atoms with Crippen LogP contribution in [-0.2, 0) is 5.41 Å². The lowest BCUT2D eigenvalue weighted by molar-refractivity contribution is 0.398. The van der Waals surface area contributed by atoms with E-state index in [1.54, 1.807) is 11.1 Å². The smallest absolute Gasteiger partial charge is 0.0448 e. The molecule has 0 saturated carbocycles. The number of hydrogen-bond acceptors (Lipinski definition) is 2. The number of unbranched alkanes of at least 4 members (excludes halogenated alkanes) is 10. The van der Waals surface area contributed by atoms with Gasteiger partial charge in [0.05, 0.1) is 0 Å². The van der Waals surface area contributed by atoms with Gasteiger partial charge in [0.15, 0.2) is 0 Å². The van der Waals surface area contributed by atoms with Gasteiger partial charge in [-0.05, 0) is 98.2 Å². The van der Waals surface area contributed by atoms with Crippen molar-refractivity contribution >= 4 is 22.5 Å². The molecule has 2 aromatic rings. The van der Waals surface area contributed by atoms with Crippen molar-refractivity contribution in [3.8, 4) is 11.1 Å². The molecule has 43 heavy (non-hydrogen) atoms. The fraction of sp³-hybridized carbons (Fsp3) is 0.610. The predicted molar refractivity (Wildman–Crippen MR) is 192 cm³/mol. The van der Waals surface area contributed by atoms with Crippen molar-refractivity contribution in [2.45, 2.75) is 149 Å². The molecular weight excluding hydrogens is 520 g/mol. The van der Waals surface area contributed by atoms with Crippen molar-refractivity contribution in [3.63, 3.8) is 0 Å². The maximum absolute atomic E-state index is 2.65. The van der Waals surface area contributed by atoms with Crippen LogP contribution in [0.4, 0.5) is 11.4 Å². The van der Waals surface area contributed by atoms with Gasteiger partial charge in [-0.1, -0.05) is 103 Å². The maximum atomic E-state index is 2.65. The summed E-state index contributed by atoms with van der Waals surface area (Å²) in [4.78, 5) is 5.03. The zero-order valence-electron chi connectivity index (χ0n) is 28.9. The van der Waals surface area contributed by atoms with Crippen LogP contribution >= 0.6 is 0 Å². The Hall–Kier alpha value is -2.48. The van der Waals surface area contributed by atoms with Gasteiger partial charge in [0.25, 0.3) is 0 Å². The van der Waals surface area contributed by atoms with E-state index in [2.05, 4.69) is 102 Å². The largest absolute Gasteiger partial charge is 0.368 e. The second-order valence-electron chi connectivity index (χ2n) is 14.3. The van der Waals surface area contributed by atoms with Gasteiger partial charge in [-0.15, -0.1) is 0 Å². The van der Waals surface area contributed by atoms with Gasteiger partial charge in [0, 0.05) is 54.1 Å². The molecule has 0 amide bonds. The lowest BCUT2D eigenvalue weighted by atomic mass is 9.70. The highest BCUT2D eigenvalue weighted by Crippen LogP contribution is 2.58. The van der Waals surface area contributed by atoms with E-state index < -0.39 is 0 Å². The molecule has 2 unspecified atom stereocenters. The molecule has 0 fully saturated rings. The Balaban J connectivity index is 1.64. The number of nitrogens with zero attached hydrogens (tertiary/aromatic N) is 2. The molecule has 0 spiro atoms. The number of hydrogen-bond donors (Lipinski definition) is 0. The Morgan fingerprint density at radius 1 is 0.535 bits per heavy atom. The van der Waals surface area contributed by atoms with Crippen molar-refractivity contribution in [2.75, 3.05) is 23.9 Å². The highest BCUT2D eigenvalue weighted by Gasteiger charge is 2.44. The van der Waals surface area contributed by atoms with Crippen molar-refractivity contribution < 1.29 is 0 Å². The van der Waals surface area contributed by atoms with Gasteiger partial charge in [-0.3, -0.25) is 0 Å². The van der Waals surface area contributed by atoms with E-state index in [9.17, 15) is 0 Å². The molecule has 2 atom stereocenters. The number of fused-ring (bicyclic) bond motifs is 5. The van der Waals surface area contributed by atoms with E-state index in [-0.39, 0.29) is 5.41 Å². The van der Waals surface area contributed by atoms with E-state index in [1.807, 2.05) is 0 Å². The van der Waals surface area contributed by atoms with Crippen LogP contribution < -0.4 is 9.80 Å². The van der Waals surface area contributed by atoms with Crippen LogP contribution in [-0.4, -0.2) is 26.2 Å². The summed E-state index contributed by atoms with van der Waals surface area (Å²) in [6.07, 6.45) is 23.7. The molecule has 0 N–H and O–H groups in total. The first-order valence-corrected chi connectivity index (χ1v) is 17.9. The molecule has 2 aliphatic heterocycles. The van der Waals surface area contributed by atoms with Crippen LogP contribution in [0.3, 0.4) is 0 Å². The minimum atomic E-state index is 0.0997. The average Bonchev–Trinajstić information content (AvgIpc) is 3.25. The van der Waals surface area contributed by atoms with Crippen molar-refractivity contribution in [1.82, 2.24) is 0 Å². The summed E-state index contributed by atoms with van der Waals surface area (Å²) in [6, 6.07) is 11.3. The molecule has 2 heteroatoms. The van der Waals surface area contributed by atoms with E-state index >= 15 is 0 Å². The fourth-order valence-electron chi connectivity index (χ4n) is 8.42. The third-order valence-corrected chi connectivity index (χ3v) is 11.3. The molecule has 1 aliphatic carbocycles. The molecule has 0 bridgehead atoms. The van der Waals surface area contributed by atoms with Gasteiger partial charge >= 0.3 is 0 Å². The predicted octanol–water partition coefficient (Wildman–Crippen LogP) is 11.9. The summed E-state index contributed by atoms with van der Waals surface area (Å²) in [6.45, 7) is 14.0. The zero-order valence-corrected chi connectivity index (χ0v) is 28.9. The topological polar surface area (TPSA) is 6.48 Å². The van der Waals surface area contributed by atoms with E-state index in [0.29, 0.717) is 12.1 Å². The van der Waals surface area contributed by atoms with Gasteiger partial charge in [0.1, 0.15) is 0 Å². The number of benzene rings is 2. The molecule has 0 saturated heterocycles. The quantitative estimate of drug-likeness (QED) is 0.205. The van der Waals surface area contributed by atoms with E-state index in [1.165, 1.54) is 135 Å². The van der Waals surface area contributed by atoms with Crippen LogP contribution in [0.15, 0.2) is 36.4 Å². The second-order valence-corrected chi connectivity index (χ2v) is 14.3. The minimum Gasteiger partial charge on any atom is -0.368 e. The Bertz CT molecular complexity index is 1240. The first kappa shape index (κ1) is 31.9. The number of allylic oxidation sites excluding steroid dienone is 2. The third-order valence-electron chi connectivity index (χ3n) is 11.3. The number of likely N-dealkylation sites (N-methyl/N-ethyl adjacent to an activating group) is 2. The monoisotopic (exact) mass is 580 g/mol. The molecule has 0 aromatic heterocycles. The first-order chi connectivity index (χ1) is 20.7. The van der Waals surface area contributed by atoms with Crippen LogP contribution in [0.1, 0.15) is 154 Å². The lowest BCUT2D eigenvalue weighted by Crippen LogP contribution is -2.32. The molecule has 2 nitrogen and oxygen atoms in total. The Morgan fingerprint density at radius 2 is 0.907 bits per heavy atom. The molecule has 2 heterocycles. The lowest BCUT2D eigenvalue weighted by Gasteiger charge is -2.37. The summed E-state index contributed by atoms with van der Waals surface area (Å²) >= 11 is 0. The fourth-order valence-corrected chi connectivity index (χ4v) is 8.42.